The van der Waals surface area contributed by atoms with E-state index in [1.165, 1.54) is 86.5 Å². The van der Waals surface area contributed by atoms with Gasteiger partial charge in [0.15, 0.2) is 32.5 Å². The van der Waals surface area contributed by atoms with Crippen molar-refractivity contribution < 1.29 is 93.4 Å². The fraction of sp³-hybridized carbons (Fsp3) is 0.301. The zero-order valence-electron chi connectivity index (χ0n) is 63.3. The smallest absolute Gasteiger partial charge is 0.413 e. The SMILES string of the molecule is CCCCCCC(C)(C)c1cc(O)c2c(c1)OC(C)(C)[C@@H]1CC=C(C(=O)O)C[C@@H]21.CS(=O)(=O)c1ccc(/C(=C2\CCOC2=O)c2ccc(Cl)cc2)cc1.Cc1ccc(Nc2c(F)cccc2Cl)c(CC(=O)O)c1.Cc1cnc(NC(=O)C2=C(O)c3ccccc3S(=O)(=O)N2C)s1.O=C(O)C1=Cc2cc(Cl)ccc2N[C@@H]1C(F)(F)F. The number of anilines is 4. The van der Waals surface area contributed by atoms with Crippen LogP contribution in [0.4, 0.5) is 39.8 Å². The van der Waals surface area contributed by atoms with Crippen molar-refractivity contribution in [1.29, 1.82) is 0 Å². The molecule has 21 nitrogen and oxygen atoms in total. The number of alkyl halides is 3. The van der Waals surface area contributed by atoms with Crippen LogP contribution in [0.5, 0.6) is 11.5 Å². The van der Waals surface area contributed by atoms with Crippen molar-refractivity contribution >= 4 is 135 Å². The van der Waals surface area contributed by atoms with E-state index >= 15 is 0 Å². The number of aliphatic hydroxyl groups excluding tert-OH is 1. The van der Waals surface area contributed by atoms with E-state index in [9.17, 15) is 73.7 Å². The predicted molar refractivity (Wildman–Crippen MR) is 433 cm³/mol. The van der Waals surface area contributed by atoms with Crippen LogP contribution in [-0.4, -0.2) is 119 Å². The van der Waals surface area contributed by atoms with Crippen LogP contribution >= 0.6 is 46.1 Å². The van der Waals surface area contributed by atoms with E-state index in [2.05, 4.69) is 61.6 Å². The number of aliphatic hydroxyl groups is 1. The number of carboxylic acids is 3. The number of nitrogens with one attached hydrogen (secondary N) is 3. The predicted octanol–water partition coefficient (Wildman–Crippen LogP) is 19.1. The summed E-state index contributed by atoms with van der Waals surface area (Å²) in [6, 6.07) is 35.3. The molecule has 13 rings (SSSR count). The summed E-state index contributed by atoms with van der Waals surface area (Å²) >= 11 is 18.9. The van der Waals surface area contributed by atoms with Gasteiger partial charge in [-0.25, -0.2) is 40.6 Å². The molecule has 7 aromatic carbocycles. The highest BCUT2D eigenvalue weighted by Crippen LogP contribution is 2.55. The number of thiazole rings is 1. The summed E-state index contributed by atoms with van der Waals surface area (Å²) in [6.45, 7) is 14.9. The van der Waals surface area contributed by atoms with Gasteiger partial charge in [-0.15, -0.1) is 11.3 Å². The Balaban J connectivity index is 0.000000165. The number of carbonyl (C=O) groups excluding carboxylic acids is 2. The number of carbonyl (C=O) groups is 5. The average molecular weight is 1690 g/mol. The van der Waals surface area contributed by atoms with Gasteiger partial charge in [-0.2, -0.15) is 13.2 Å². The van der Waals surface area contributed by atoms with E-state index in [0.29, 0.717) is 69.0 Å². The second kappa shape index (κ2) is 36.5. The number of sulfonamides is 1. The molecule has 31 heteroatoms. The number of aromatic nitrogens is 1. The molecule has 1 aromatic heterocycles. The lowest BCUT2D eigenvalue weighted by atomic mass is 9.66. The molecule has 1 saturated heterocycles. The van der Waals surface area contributed by atoms with Crippen molar-refractivity contribution in [2.24, 2.45) is 5.92 Å². The maximum absolute atomic E-state index is 13.7. The molecule has 0 bridgehead atoms. The van der Waals surface area contributed by atoms with Crippen LogP contribution in [0.15, 0.2) is 184 Å². The first-order chi connectivity index (χ1) is 53.5. The third-order valence-corrected chi connectivity index (χ3v) is 24.1. The van der Waals surface area contributed by atoms with Gasteiger partial charge in [0.2, 0.25) is 0 Å². The fourth-order valence-electron chi connectivity index (χ4n) is 13.6. The molecule has 4 aliphatic heterocycles. The molecule has 604 valence electrons. The van der Waals surface area contributed by atoms with Crippen molar-refractivity contribution in [2.75, 3.05) is 35.9 Å². The number of phenolic OH excluding ortho intramolecular Hbond substituents is 1. The van der Waals surface area contributed by atoms with Crippen LogP contribution in [0.1, 0.15) is 141 Å². The number of carboxylic acid groups (broad SMARTS) is 3. The number of amides is 1. The number of esters is 1. The summed E-state index contributed by atoms with van der Waals surface area (Å²) in [6.07, 6.45) is 8.29. The Morgan fingerprint density at radius 1 is 0.833 bits per heavy atom. The number of rotatable bonds is 17. The summed E-state index contributed by atoms with van der Waals surface area (Å²) in [5.41, 5.74) is 6.51. The van der Waals surface area contributed by atoms with Gasteiger partial charge in [-0.3, -0.25) is 19.2 Å². The number of para-hydroxylation sites is 1. The van der Waals surface area contributed by atoms with E-state index < -0.39 is 72.9 Å². The number of aliphatic carboxylic acids is 3. The van der Waals surface area contributed by atoms with Gasteiger partial charge in [-0.1, -0.05) is 147 Å². The first-order valence-electron chi connectivity index (χ1n) is 35.8. The van der Waals surface area contributed by atoms with E-state index in [4.69, 9.17) is 54.5 Å². The number of unbranched alkanes of at least 4 members (excludes halogenated alkanes) is 3. The number of nitrogens with zero attached hydrogens (tertiary/aromatic N) is 2. The monoisotopic (exact) mass is 1680 g/mol. The van der Waals surface area contributed by atoms with Crippen LogP contribution < -0.4 is 20.7 Å². The van der Waals surface area contributed by atoms with Crippen molar-refractivity contribution in [3.8, 4) is 11.5 Å². The van der Waals surface area contributed by atoms with Crippen LogP contribution in [0, 0.1) is 25.6 Å². The third kappa shape index (κ3) is 21.2. The maximum Gasteiger partial charge on any atom is 0.413 e. The summed E-state index contributed by atoms with van der Waals surface area (Å²) in [5, 5.41) is 57.6. The van der Waals surface area contributed by atoms with Gasteiger partial charge < -0.3 is 45.6 Å². The summed E-state index contributed by atoms with van der Waals surface area (Å²) in [5.74, 6) is -4.29. The average Bonchev–Trinajstić information content (AvgIpc) is 0.831. The molecule has 1 fully saturated rings. The highest BCUT2D eigenvalue weighted by Gasteiger charge is 2.49. The molecule has 0 spiro atoms. The first-order valence-corrected chi connectivity index (χ1v) is 41.1. The molecule has 5 aliphatic rings. The standard InChI is InChI=1S/C25H36O4.C18H15ClO4S.C15H13ClFNO2.C14H13N3O4S2.C11H7ClF3NO2/c1-6-7-8-9-12-24(2,3)17-14-20(26)22-18-13-16(23(27)28)10-11-19(18)25(4,5)29-21(22)15-17;1-24(21,22)15-8-4-13(5-9-15)17(16-10-11-23-18(16)20)12-2-6-14(19)7-3-12;1-9-5-6-13(10(7-9)8-14(19)20)18-15-11(16)3-2-4-12(15)17;1-8-7-15-14(22-8)16-13(19)11-12(18)9-5-3-4-6-10(9)23(20,21)17(11)2;12-6-1-2-8-5(3-6)4-7(10(17)18)9(16-8)11(13,14)15/h10,14-15,18-19,26H,6-9,11-13H2,1-5H3,(H,27,28);2-9H,10-11H2,1H3;2-7,18H,8H2,1H3,(H,19,20);3-7,18H,1-2H3,(H,15,16,19);1-4,9,16H,(H,17,18)/b;17-16+;;;/t18-,19-;;;;9-/m1...0/s1. The van der Waals surface area contributed by atoms with Gasteiger partial charge >= 0.3 is 30.1 Å². The Hall–Kier alpha value is -10.2. The molecule has 8 N–H and O–H groups in total. The molecule has 114 heavy (non-hydrogen) atoms. The fourth-order valence-corrected chi connectivity index (χ4v) is 16.8. The topological polar surface area (TPSA) is 325 Å². The Labute approximate surface area is 676 Å². The van der Waals surface area contributed by atoms with Crippen molar-refractivity contribution in [3.63, 3.8) is 0 Å². The minimum absolute atomic E-state index is 0.0356. The normalized spacial score (nSPS) is 17.4. The van der Waals surface area contributed by atoms with Crippen molar-refractivity contribution in [3.05, 3.63) is 244 Å². The van der Waals surface area contributed by atoms with Crippen molar-refractivity contribution in [2.45, 2.75) is 145 Å². The van der Waals surface area contributed by atoms with Gasteiger partial charge in [0.1, 0.15) is 22.9 Å². The second-order valence-electron chi connectivity index (χ2n) is 28.6. The first kappa shape index (κ1) is 87.7. The van der Waals surface area contributed by atoms with E-state index in [1.807, 2.05) is 44.2 Å². The minimum atomic E-state index is -4.68. The number of cyclic esters (lactones) is 1. The number of hydrogen-bond donors (Lipinski definition) is 8. The van der Waals surface area contributed by atoms with E-state index in [-0.39, 0.29) is 78.6 Å². The number of benzene rings is 7. The number of sulfone groups is 1. The van der Waals surface area contributed by atoms with Gasteiger partial charge in [0.25, 0.3) is 15.9 Å². The summed E-state index contributed by atoms with van der Waals surface area (Å²) in [4.78, 5) is 62.9. The zero-order chi connectivity index (χ0) is 83.7. The number of aromatic hydroxyl groups is 1. The lowest BCUT2D eigenvalue weighted by molar-refractivity contribution is -0.146. The highest BCUT2D eigenvalue weighted by molar-refractivity contribution is 7.90. The molecule has 5 heterocycles. The lowest BCUT2D eigenvalue weighted by Gasteiger charge is -2.47. The van der Waals surface area contributed by atoms with Crippen LogP contribution in [-0.2, 0) is 60.4 Å². The number of likely N-dealkylation sites (N-methyl/N-ethyl adjacent to an activating group) is 1. The van der Waals surface area contributed by atoms with Crippen LogP contribution in [0.3, 0.4) is 0 Å². The summed E-state index contributed by atoms with van der Waals surface area (Å²) in [7, 11) is -5.94. The zero-order valence-corrected chi connectivity index (χ0v) is 68.0. The molecule has 0 saturated carbocycles. The molecule has 8 aromatic rings. The number of ether oxygens (including phenoxy) is 2. The quantitative estimate of drug-likeness (QED) is 0.0182. The Bertz CT molecular complexity index is 5360. The minimum Gasteiger partial charge on any atom is -0.508 e. The Morgan fingerprint density at radius 3 is 2.10 bits per heavy atom. The third-order valence-electron chi connectivity index (χ3n) is 19.6. The number of hydrogen-bond acceptors (Lipinski definition) is 17. The van der Waals surface area contributed by atoms with Gasteiger partial charge in [0, 0.05) is 86.3 Å². The number of fused-ring (bicyclic) bond motifs is 5. The number of phenols is 1. The Kier molecular flexibility index (Phi) is 28.1. The van der Waals surface area contributed by atoms with Gasteiger partial charge in [-0.05, 0) is 177 Å². The molecule has 0 unspecified atom stereocenters. The largest absolute Gasteiger partial charge is 0.508 e. The molecular formula is C83H84Cl3F4N5O16S3. The molecular weight excluding hydrogens is 1600 g/mol. The van der Waals surface area contributed by atoms with Crippen LogP contribution in [0.2, 0.25) is 15.1 Å². The van der Waals surface area contributed by atoms with Crippen molar-refractivity contribution in [1.82, 2.24) is 9.29 Å². The number of halogens is 7. The van der Waals surface area contributed by atoms with E-state index in [1.54, 1.807) is 72.9 Å². The molecule has 1 aliphatic carbocycles. The highest BCUT2D eigenvalue weighted by atomic mass is 35.5. The Morgan fingerprint density at radius 2 is 1.50 bits per heavy atom. The molecule has 3 atom stereocenters. The number of aryl methyl sites for hydroxylation is 2. The van der Waals surface area contributed by atoms with Crippen LogP contribution in [0.25, 0.3) is 17.4 Å². The lowest BCUT2D eigenvalue weighted by Crippen LogP contribution is -2.46. The summed E-state index contributed by atoms with van der Waals surface area (Å²) < 4.78 is 112. The maximum atomic E-state index is 13.7. The van der Waals surface area contributed by atoms with Gasteiger partial charge in [0.05, 0.1) is 39.1 Å². The van der Waals surface area contributed by atoms with E-state index in [0.717, 1.165) is 67.1 Å². The number of allylic oxidation sites excluding steroid dienone is 1. The second-order valence-corrected chi connectivity index (χ2v) is 35.1. The molecule has 1 amide bonds. The molecule has 0 radical (unpaired) electrons.